The van der Waals surface area contributed by atoms with E-state index in [4.69, 9.17) is 22.7 Å². The van der Waals surface area contributed by atoms with E-state index in [-0.39, 0.29) is 17.3 Å². The van der Waals surface area contributed by atoms with Gasteiger partial charge in [-0.05, 0) is 29.8 Å². The number of rotatable bonds is 10. The molecular formula is C21H24BNO2. The zero-order valence-electron chi connectivity index (χ0n) is 14.4. The average molecular weight is 333 g/mol. The van der Waals surface area contributed by atoms with E-state index < -0.39 is 0 Å². The molecule has 3 rings (SSSR count). The molecule has 2 atom stereocenters. The van der Waals surface area contributed by atoms with E-state index in [0.29, 0.717) is 19.8 Å². The minimum atomic E-state index is -0.253. The highest BCUT2D eigenvalue weighted by Gasteiger charge is 2.50. The van der Waals surface area contributed by atoms with Crippen LogP contribution in [0.3, 0.4) is 0 Å². The van der Waals surface area contributed by atoms with Crippen molar-refractivity contribution in [3.05, 3.63) is 71.8 Å². The lowest BCUT2D eigenvalue weighted by Crippen LogP contribution is -2.33. The standard InChI is InChI=1S/C21H24BNO2/c22-19(15-24-13-17-7-3-1-4-8-17)20(21(16-23)11-12-21)25-14-18-9-5-2-6-10-18/h1-10,16,19-20,23H,11-15H2/t19-,20+/m0/s1. The zero-order chi connectivity index (χ0) is 17.5. The van der Waals surface area contributed by atoms with Crippen molar-refractivity contribution < 1.29 is 9.47 Å². The summed E-state index contributed by atoms with van der Waals surface area (Å²) in [5.41, 5.74) is 2.03. The number of nitrogens with one attached hydrogen (secondary N) is 1. The quantitative estimate of drug-likeness (QED) is 0.524. The van der Waals surface area contributed by atoms with Crippen molar-refractivity contribution in [2.24, 2.45) is 5.41 Å². The maximum atomic E-state index is 7.78. The van der Waals surface area contributed by atoms with Gasteiger partial charge in [0.15, 0.2) is 0 Å². The highest BCUT2D eigenvalue weighted by molar-refractivity contribution is 6.12. The second kappa shape index (κ2) is 8.46. The van der Waals surface area contributed by atoms with Crippen LogP contribution in [0.1, 0.15) is 24.0 Å². The fourth-order valence-electron chi connectivity index (χ4n) is 3.11. The lowest BCUT2D eigenvalue weighted by molar-refractivity contribution is -0.0138. The SMILES string of the molecule is [B][C@@H](COCc1ccccc1)[C@@H](OCc1ccccc1)C1(C=N)CC1. The first-order valence-electron chi connectivity index (χ1n) is 8.78. The first-order valence-corrected chi connectivity index (χ1v) is 8.78. The largest absolute Gasteiger partial charge is 0.377 e. The van der Waals surface area contributed by atoms with Gasteiger partial charge in [0, 0.05) is 18.2 Å². The Bertz CT molecular complexity index is 658. The number of ether oxygens (including phenoxy) is 2. The normalized spacial score (nSPS) is 17.6. The van der Waals surface area contributed by atoms with Crippen LogP contribution in [0.4, 0.5) is 0 Å². The van der Waals surface area contributed by atoms with Crippen LogP contribution in [0.5, 0.6) is 0 Å². The van der Waals surface area contributed by atoms with Crippen LogP contribution < -0.4 is 0 Å². The zero-order valence-corrected chi connectivity index (χ0v) is 14.4. The van der Waals surface area contributed by atoms with Crippen molar-refractivity contribution in [1.29, 1.82) is 5.41 Å². The van der Waals surface area contributed by atoms with Gasteiger partial charge in [-0.25, -0.2) is 0 Å². The Hall–Kier alpha value is -1.91. The Morgan fingerprint density at radius 1 is 0.960 bits per heavy atom. The molecule has 0 saturated heterocycles. The lowest BCUT2D eigenvalue weighted by Gasteiger charge is -2.30. The van der Waals surface area contributed by atoms with Gasteiger partial charge in [0.2, 0.25) is 0 Å². The third kappa shape index (κ3) is 4.80. The molecule has 1 saturated carbocycles. The fourth-order valence-corrected chi connectivity index (χ4v) is 3.11. The Labute approximate surface area is 151 Å². The van der Waals surface area contributed by atoms with Crippen LogP contribution in [0.25, 0.3) is 0 Å². The molecule has 0 amide bonds. The van der Waals surface area contributed by atoms with Gasteiger partial charge < -0.3 is 14.9 Å². The average Bonchev–Trinajstić information content (AvgIpc) is 3.45. The predicted molar refractivity (Wildman–Crippen MR) is 101 cm³/mol. The summed E-state index contributed by atoms with van der Waals surface area (Å²) < 4.78 is 12.0. The molecule has 3 nitrogen and oxygen atoms in total. The van der Waals surface area contributed by atoms with Crippen LogP contribution in [0, 0.1) is 10.8 Å². The van der Waals surface area contributed by atoms with E-state index >= 15 is 0 Å². The van der Waals surface area contributed by atoms with Crippen LogP contribution in [-0.4, -0.2) is 26.8 Å². The Balaban J connectivity index is 1.56. The van der Waals surface area contributed by atoms with Gasteiger partial charge in [0.1, 0.15) is 0 Å². The molecule has 0 bridgehead atoms. The second-order valence-electron chi connectivity index (χ2n) is 6.76. The van der Waals surface area contributed by atoms with Gasteiger partial charge in [0.25, 0.3) is 0 Å². The maximum Gasteiger partial charge on any atom is 0.0766 e. The molecule has 2 aromatic carbocycles. The van der Waals surface area contributed by atoms with E-state index in [1.165, 1.54) is 6.21 Å². The van der Waals surface area contributed by atoms with E-state index in [9.17, 15) is 0 Å². The van der Waals surface area contributed by atoms with Gasteiger partial charge in [0.05, 0.1) is 27.2 Å². The van der Waals surface area contributed by atoms with E-state index in [0.717, 1.165) is 24.0 Å². The Morgan fingerprint density at radius 2 is 1.52 bits per heavy atom. The summed E-state index contributed by atoms with van der Waals surface area (Å²) in [6.07, 6.45) is 3.24. The molecule has 1 aliphatic carbocycles. The summed E-state index contributed by atoms with van der Waals surface area (Å²) >= 11 is 0. The van der Waals surface area contributed by atoms with Gasteiger partial charge >= 0.3 is 0 Å². The maximum absolute atomic E-state index is 7.78. The molecule has 1 aliphatic rings. The fraction of sp³-hybridized carbons (Fsp3) is 0.381. The molecule has 0 aromatic heterocycles. The molecule has 25 heavy (non-hydrogen) atoms. The lowest BCUT2D eigenvalue weighted by atomic mass is 9.76. The topological polar surface area (TPSA) is 42.3 Å². The predicted octanol–water partition coefficient (Wildman–Crippen LogP) is 4.18. The molecule has 0 aliphatic heterocycles. The highest BCUT2D eigenvalue weighted by atomic mass is 16.5. The molecule has 2 radical (unpaired) electrons. The van der Waals surface area contributed by atoms with Crippen molar-refractivity contribution in [3.63, 3.8) is 0 Å². The van der Waals surface area contributed by atoms with Crippen LogP contribution in [0.2, 0.25) is 5.82 Å². The van der Waals surface area contributed by atoms with Gasteiger partial charge in [-0.15, -0.1) is 0 Å². The molecule has 0 unspecified atom stereocenters. The second-order valence-corrected chi connectivity index (χ2v) is 6.76. The highest BCUT2D eigenvalue weighted by Crippen LogP contribution is 2.51. The molecule has 4 heteroatoms. The molecule has 0 heterocycles. The summed E-state index contributed by atoms with van der Waals surface area (Å²) in [7, 11) is 6.39. The monoisotopic (exact) mass is 333 g/mol. The van der Waals surface area contributed by atoms with Crippen LogP contribution in [0.15, 0.2) is 60.7 Å². The molecule has 128 valence electrons. The molecule has 1 N–H and O–H groups in total. The Kier molecular flexibility index (Phi) is 6.06. The van der Waals surface area contributed by atoms with Gasteiger partial charge in [-0.1, -0.05) is 60.7 Å². The summed E-state index contributed by atoms with van der Waals surface area (Å²) in [4.78, 5) is 0. The van der Waals surface area contributed by atoms with Crippen molar-refractivity contribution in [2.45, 2.75) is 38.0 Å². The van der Waals surface area contributed by atoms with Crippen molar-refractivity contribution >= 4 is 14.1 Å². The third-order valence-electron chi connectivity index (χ3n) is 4.76. The third-order valence-corrected chi connectivity index (χ3v) is 4.76. The van der Waals surface area contributed by atoms with Crippen molar-refractivity contribution in [3.8, 4) is 0 Å². The van der Waals surface area contributed by atoms with Crippen LogP contribution in [-0.2, 0) is 22.7 Å². The van der Waals surface area contributed by atoms with Gasteiger partial charge in [-0.2, -0.15) is 0 Å². The van der Waals surface area contributed by atoms with E-state index in [1.54, 1.807) is 0 Å². The summed E-state index contributed by atoms with van der Waals surface area (Å²) in [5.74, 6) is -0.253. The summed E-state index contributed by atoms with van der Waals surface area (Å²) in [5, 5.41) is 7.78. The first-order chi connectivity index (χ1) is 12.2. The summed E-state index contributed by atoms with van der Waals surface area (Å²) in [6.45, 7) is 1.47. The molecule has 0 spiro atoms. The molecule has 2 aromatic rings. The Morgan fingerprint density at radius 3 is 2.04 bits per heavy atom. The van der Waals surface area contributed by atoms with Crippen molar-refractivity contribution in [1.82, 2.24) is 0 Å². The number of benzene rings is 2. The number of hydrogen-bond donors (Lipinski definition) is 1. The van der Waals surface area contributed by atoms with Crippen LogP contribution >= 0.6 is 0 Å². The minimum absolute atomic E-state index is 0.194. The van der Waals surface area contributed by atoms with Crippen molar-refractivity contribution in [2.75, 3.05) is 6.61 Å². The van der Waals surface area contributed by atoms with E-state index in [2.05, 4.69) is 0 Å². The first kappa shape index (κ1) is 17.9. The van der Waals surface area contributed by atoms with Gasteiger partial charge in [-0.3, -0.25) is 0 Å². The summed E-state index contributed by atoms with van der Waals surface area (Å²) in [6, 6.07) is 20.1. The smallest absolute Gasteiger partial charge is 0.0766 e. The van der Waals surface area contributed by atoms with E-state index in [1.807, 2.05) is 60.7 Å². The molecule has 1 fully saturated rings. The number of hydrogen-bond acceptors (Lipinski definition) is 3. The minimum Gasteiger partial charge on any atom is -0.377 e. The molecular weight excluding hydrogens is 309 g/mol.